The normalized spacial score (nSPS) is 16.3. The molecule has 7 heteroatoms. The molecule has 1 aliphatic heterocycles. The summed E-state index contributed by atoms with van der Waals surface area (Å²) in [5.41, 5.74) is 0.263. The van der Waals surface area contributed by atoms with Crippen LogP contribution in [0.5, 0.6) is 0 Å². The van der Waals surface area contributed by atoms with Gasteiger partial charge in [0.2, 0.25) is 0 Å². The zero-order valence-electron chi connectivity index (χ0n) is 16.3. The van der Waals surface area contributed by atoms with E-state index in [1.165, 1.54) is 10.9 Å². The number of hydrogen-bond donors (Lipinski definition) is 2. The number of benzene rings is 1. The van der Waals surface area contributed by atoms with E-state index >= 15 is 0 Å². The molecule has 152 valence electrons. The predicted octanol–water partition coefficient (Wildman–Crippen LogP) is 3.99. The molecule has 4 nitrogen and oxygen atoms in total. The molecule has 2 aromatic rings. The van der Waals surface area contributed by atoms with Crippen LogP contribution in [0.4, 0.5) is 8.78 Å². The van der Waals surface area contributed by atoms with Crippen molar-refractivity contribution >= 4 is 17.3 Å². The summed E-state index contributed by atoms with van der Waals surface area (Å²) in [6.07, 6.45) is 2.30. The molecule has 2 N–H and O–H groups in total. The van der Waals surface area contributed by atoms with Gasteiger partial charge in [0.25, 0.3) is 0 Å². The number of thiophene rings is 1. The Kier molecular flexibility index (Phi) is 7.80. The van der Waals surface area contributed by atoms with Crippen molar-refractivity contribution < 1.29 is 8.78 Å². The molecule has 3 rings (SSSR count). The van der Waals surface area contributed by atoms with Gasteiger partial charge in [-0.1, -0.05) is 6.07 Å². The van der Waals surface area contributed by atoms with Gasteiger partial charge in [0, 0.05) is 30.1 Å². The van der Waals surface area contributed by atoms with Crippen LogP contribution >= 0.6 is 11.3 Å². The van der Waals surface area contributed by atoms with E-state index in [1.54, 1.807) is 0 Å². The van der Waals surface area contributed by atoms with Crippen LogP contribution < -0.4 is 10.6 Å². The van der Waals surface area contributed by atoms with E-state index in [0.29, 0.717) is 11.9 Å². The number of aliphatic imine (C=N–C) groups is 1. The molecule has 1 aliphatic rings. The molecule has 0 bridgehead atoms. The third kappa shape index (κ3) is 6.27. The largest absolute Gasteiger partial charge is 0.357 e. The molecule has 1 aromatic carbocycles. The topological polar surface area (TPSA) is 39.7 Å². The lowest BCUT2D eigenvalue weighted by atomic mass is 9.97. The minimum absolute atomic E-state index is 0.109. The summed E-state index contributed by atoms with van der Waals surface area (Å²) in [6.45, 7) is 6.90. The molecule has 1 saturated heterocycles. The molecule has 0 saturated carbocycles. The summed E-state index contributed by atoms with van der Waals surface area (Å²) in [5.74, 6) is 0.361. The maximum absolute atomic E-state index is 13.8. The molecular weight excluding hydrogens is 378 g/mol. The number of hydrogen-bond acceptors (Lipinski definition) is 3. The van der Waals surface area contributed by atoms with Crippen molar-refractivity contribution in [1.29, 1.82) is 0 Å². The van der Waals surface area contributed by atoms with E-state index in [0.717, 1.165) is 57.7 Å². The Balaban J connectivity index is 1.46. The molecule has 28 heavy (non-hydrogen) atoms. The van der Waals surface area contributed by atoms with Gasteiger partial charge in [0.1, 0.15) is 11.6 Å². The van der Waals surface area contributed by atoms with E-state index in [9.17, 15) is 8.78 Å². The second-order valence-corrected chi connectivity index (χ2v) is 8.14. The molecule has 0 unspecified atom stereocenters. The number of piperidine rings is 1. The van der Waals surface area contributed by atoms with Crippen LogP contribution in [0.2, 0.25) is 0 Å². The Morgan fingerprint density at radius 2 is 2.04 bits per heavy atom. The third-order valence-corrected chi connectivity index (χ3v) is 5.85. The minimum atomic E-state index is -0.445. The summed E-state index contributed by atoms with van der Waals surface area (Å²) in [4.78, 5) is 8.34. The van der Waals surface area contributed by atoms with E-state index in [4.69, 9.17) is 0 Å². The van der Waals surface area contributed by atoms with Crippen LogP contribution in [0.15, 0.2) is 40.7 Å². The molecule has 0 amide bonds. The lowest BCUT2D eigenvalue weighted by molar-refractivity contribution is 0.179. The first-order valence-corrected chi connectivity index (χ1v) is 10.7. The van der Waals surface area contributed by atoms with Gasteiger partial charge in [0.15, 0.2) is 5.96 Å². The Hall–Kier alpha value is -1.99. The zero-order valence-corrected chi connectivity index (χ0v) is 17.1. The molecule has 0 atom stereocenters. The second kappa shape index (κ2) is 10.5. The van der Waals surface area contributed by atoms with Gasteiger partial charge < -0.3 is 10.6 Å². The number of nitrogens with zero attached hydrogens (tertiary/aromatic N) is 2. The smallest absolute Gasteiger partial charge is 0.191 e. The lowest BCUT2D eigenvalue weighted by Gasteiger charge is -2.32. The third-order valence-electron chi connectivity index (χ3n) is 4.98. The first-order valence-electron chi connectivity index (χ1n) is 9.85. The molecular formula is C21H28F2N4S. The average Bonchev–Trinajstić information content (AvgIpc) is 3.20. The van der Waals surface area contributed by atoms with Crippen molar-refractivity contribution in [3.8, 4) is 0 Å². The minimum Gasteiger partial charge on any atom is -0.357 e. The highest BCUT2D eigenvalue weighted by Crippen LogP contribution is 2.20. The lowest BCUT2D eigenvalue weighted by Crippen LogP contribution is -2.42. The predicted molar refractivity (Wildman–Crippen MR) is 111 cm³/mol. The van der Waals surface area contributed by atoms with Crippen LogP contribution in [0.1, 0.15) is 30.2 Å². The van der Waals surface area contributed by atoms with Crippen molar-refractivity contribution in [3.05, 3.63) is 57.8 Å². The van der Waals surface area contributed by atoms with E-state index < -0.39 is 11.6 Å². The molecule has 1 aromatic heterocycles. The van der Waals surface area contributed by atoms with Gasteiger partial charge in [-0.25, -0.2) is 13.8 Å². The molecule has 0 radical (unpaired) electrons. The van der Waals surface area contributed by atoms with Gasteiger partial charge in [-0.3, -0.25) is 4.90 Å². The summed E-state index contributed by atoms with van der Waals surface area (Å²) >= 11 is 1.81. The fraction of sp³-hybridized carbons (Fsp3) is 0.476. The zero-order chi connectivity index (χ0) is 19.8. The van der Waals surface area contributed by atoms with E-state index in [1.807, 2.05) is 18.3 Å². The fourth-order valence-electron chi connectivity index (χ4n) is 3.38. The fourth-order valence-corrected chi connectivity index (χ4v) is 4.13. The molecule has 0 spiro atoms. The van der Waals surface area contributed by atoms with Crippen LogP contribution in [-0.2, 0) is 13.1 Å². The van der Waals surface area contributed by atoms with Crippen LogP contribution in [0.3, 0.4) is 0 Å². The highest BCUT2D eigenvalue weighted by Gasteiger charge is 2.19. The molecule has 2 heterocycles. The maximum Gasteiger partial charge on any atom is 0.191 e. The van der Waals surface area contributed by atoms with Crippen molar-refractivity contribution in [2.45, 2.75) is 32.9 Å². The maximum atomic E-state index is 13.8. The number of rotatable bonds is 7. The van der Waals surface area contributed by atoms with Crippen molar-refractivity contribution in [2.75, 3.05) is 26.2 Å². The van der Waals surface area contributed by atoms with Gasteiger partial charge in [-0.15, -0.1) is 11.3 Å². The number of guanidine groups is 1. The summed E-state index contributed by atoms with van der Waals surface area (Å²) < 4.78 is 27.1. The SMILES string of the molecule is CCNC(=NCc1cc(F)ccc1F)NCC1CCN(Cc2cccs2)CC1. The number of halogens is 2. The first-order chi connectivity index (χ1) is 13.6. The van der Waals surface area contributed by atoms with Crippen LogP contribution in [-0.4, -0.2) is 37.0 Å². The van der Waals surface area contributed by atoms with Gasteiger partial charge in [-0.2, -0.15) is 0 Å². The Labute approximate surface area is 169 Å². The summed E-state index contributed by atoms with van der Waals surface area (Å²) in [7, 11) is 0. The molecule has 0 aliphatic carbocycles. The van der Waals surface area contributed by atoms with Crippen molar-refractivity contribution in [3.63, 3.8) is 0 Å². The quantitative estimate of drug-likeness (QED) is 0.539. The van der Waals surface area contributed by atoms with Gasteiger partial charge in [0.05, 0.1) is 6.54 Å². The number of nitrogens with one attached hydrogen (secondary N) is 2. The average molecular weight is 407 g/mol. The van der Waals surface area contributed by atoms with Crippen molar-refractivity contribution in [2.24, 2.45) is 10.9 Å². The highest BCUT2D eigenvalue weighted by atomic mass is 32.1. The second-order valence-electron chi connectivity index (χ2n) is 7.11. The highest BCUT2D eigenvalue weighted by molar-refractivity contribution is 7.09. The molecule has 1 fully saturated rings. The Bertz CT molecular complexity index is 756. The van der Waals surface area contributed by atoms with E-state index in [2.05, 4.69) is 38.0 Å². The summed E-state index contributed by atoms with van der Waals surface area (Å²) in [6, 6.07) is 7.76. The van der Waals surface area contributed by atoms with Gasteiger partial charge >= 0.3 is 0 Å². The van der Waals surface area contributed by atoms with Crippen molar-refractivity contribution in [1.82, 2.24) is 15.5 Å². The first kappa shape index (κ1) is 20.7. The van der Waals surface area contributed by atoms with Crippen LogP contribution in [0.25, 0.3) is 0 Å². The summed E-state index contributed by atoms with van der Waals surface area (Å²) in [5, 5.41) is 8.67. The van der Waals surface area contributed by atoms with E-state index in [-0.39, 0.29) is 12.1 Å². The standard InChI is InChI=1S/C21H28F2N4S/c1-2-24-21(26-14-17-12-18(22)5-6-20(17)23)25-13-16-7-9-27(10-8-16)15-19-4-3-11-28-19/h3-6,11-12,16H,2,7-10,13-15H2,1H3,(H2,24,25,26). The monoisotopic (exact) mass is 406 g/mol. The number of likely N-dealkylation sites (tertiary alicyclic amines) is 1. The Morgan fingerprint density at radius 1 is 1.21 bits per heavy atom. The van der Waals surface area contributed by atoms with Crippen LogP contribution in [0, 0.1) is 17.6 Å². The van der Waals surface area contributed by atoms with Gasteiger partial charge in [-0.05, 0) is 68.4 Å². The Morgan fingerprint density at radius 3 is 2.75 bits per heavy atom.